The van der Waals surface area contributed by atoms with Crippen LogP contribution in [-0.2, 0) is 20.1 Å². The molecule has 0 amide bonds. The second-order valence-corrected chi connectivity index (χ2v) is 17.3. The summed E-state index contributed by atoms with van der Waals surface area (Å²) in [5, 5.41) is 2.45. The van der Waals surface area contributed by atoms with E-state index in [1.165, 1.54) is 22.9 Å². The maximum absolute atomic E-state index is 14.3. The number of hydrogen-bond acceptors (Lipinski definition) is 3. The molecule has 0 saturated carbocycles. The van der Waals surface area contributed by atoms with Gasteiger partial charge in [-0.25, -0.2) is 0 Å². The summed E-state index contributed by atoms with van der Waals surface area (Å²) in [5.74, 6) is -0.650. The van der Waals surface area contributed by atoms with Crippen molar-refractivity contribution in [3.63, 3.8) is 0 Å². The quantitative estimate of drug-likeness (QED) is 0.129. The largest absolute Gasteiger partial charge is 0.500 e. The number of fused-ring (bicyclic) bond motifs is 3. The van der Waals surface area contributed by atoms with E-state index in [2.05, 4.69) is 55.6 Å². The molecule has 3 heterocycles. The minimum atomic E-state index is -2.13. The molecule has 0 atom stereocenters. The Labute approximate surface area is 280 Å². The zero-order valence-corrected chi connectivity index (χ0v) is 29.5. The molecule has 0 fully saturated rings. The van der Waals surface area contributed by atoms with Gasteiger partial charge in [-0.1, -0.05) is 101 Å². The van der Waals surface area contributed by atoms with Crippen molar-refractivity contribution in [3.8, 4) is 22.5 Å². The molecule has 6 aromatic rings. The van der Waals surface area contributed by atoms with E-state index in [4.69, 9.17) is 9.90 Å². The van der Waals surface area contributed by atoms with Crippen molar-refractivity contribution < 1.29 is 34.4 Å². The molecule has 0 unspecified atom stereocenters. The summed E-state index contributed by atoms with van der Waals surface area (Å²) >= 11 is 0. The summed E-state index contributed by atoms with van der Waals surface area (Å²) < 4.78 is 51.0. The van der Waals surface area contributed by atoms with E-state index >= 15 is 0 Å². The van der Waals surface area contributed by atoms with Crippen LogP contribution in [-0.4, -0.2) is 18.0 Å². The second kappa shape index (κ2) is 13.7. The van der Waals surface area contributed by atoms with Gasteiger partial charge in [-0.05, 0) is 45.9 Å². The summed E-state index contributed by atoms with van der Waals surface area (Å²) in [4.78, 5) is 8.99. The Bertz CT molecular complexity index is 2050. The van der Waals surface area contributed by atoms with Gasteiger partial charge in [0.25, 0.3) is 0 Å². The second-order valence-electron chi connectivity index (χ2n) is 12.3. The van der Waals surface area contributed by atoms with E-state index < -0.39 is 20.8 Å². The minimum Gasteiger partial charge on any atom is -0.500 e. The van der Waals surface area contributed by atoms with Crippen LogP contribution in [0, 0.1) is 24.8 Å². The van der Waals surface area contributed by atoms with Crippen molar-refractivity contribution >= 4 is 35.2 Å². The molecule has 0 bridgehead atoms. The Hall–Kier alpha value is -3.44. The third-order valence-corrected chi connectivity index (χ3v) is 9.47. The smallest absolute Gasteiger partial charge is 0.121 e. The van der Waals surface area contributed by atoms with Gasteiger partial charge in [0.05, 0.1) is 13.7 Å². The SMILES string of the molecule is CC(C)c1ccnc(-c2[c-]cc(F)c3c2oc2ccccc23)c1.[2H]C([2H])([2H])c1c[c-]c(-c2cc(C([2H])(C)C)c([Si](C)(C)C)cn2)cc1.[Ir]. The average Bonchev–Trinajstić information content (AvgIpc) is 3.41. The van der Waals surface area contributed by atoms with Crippen LogP contribution in [0.5, 0.6) is 0 Å². The molecule has 0 spiro atoms. The Morgan fingerprint density at radius 3 is 2.36 bits per heavy atom. The van der Waals surface area contributed by atoms with Gasteiger partial charge in [0.2, 0.25) is 0 Å². The molecule has 3 nitrogen and oxygen atoms in total. The zero-order valence-electron chi connectivity index (χ0n) is 30.1. The van der Waals surface area contributed by atoms with E-state index in [0.717, 1.165) is 27.9 Å². The van der Waals surface area contributed by atoms with Gasteiger partial charge in [0, 0.05) is 49.2 Å². The number of aromatic nitrogens is 2. The molecule has 229 valence electrons. The van der Waals surface area contributed by atoms with Crippen LogP contribution in [0.15, 0.2) is 83.5 Å². The fourth-order valence-corrected chi connectivity index (χ4v) is 6.65. The van der Waals surface area contributed by atoms with Crippen LogP contribution in [0.2, 0.25) is 19.6 Å². The first-order valence-corrected chi connectivity index (χ1v) is 18.0. The molecular weight excluding hydrogens is 740 g/mol. The number of aryl methyl sites for hydroxylation is 1. The normalized spacial score (nSPS) is 13.4. The fourth-order valence-electron chi connectivity index (χ4n) is 5.06. The van der Waals surface area contributed by atoms with Crippen LogP contribution >= 0.6 is 0 Å². The monoisotopic (exact) mass is 783 g/mol. The number of pyridine rings is 2. The number of nitrogens with zero attached hydrogens (tertiary/aromatic N) is 2. The maximum Gasteiger partial charge on any atom is 0.121 e. The molecule has 1 radical (unpaired) electrons. The van der Waals surface area contributed by atoms with Crippen molar-refractivity contribution in [2.24, 2.45) is 0 Å². The number of halogens is 1. The van der Waals surface area contributed by atoms with Gasteiger partial charge in [-0.2, -0.15) is 0 Å². The zero-order chi connectivity index (χ0) is 34.3. The number of rotatable bonds is 5. The fraction of sp³-hybridized carbons (Fsp3) is 0.263. The van der Waals surface area contributed by atoms with Crippen LogP contribution < -0.4 is 5.19 Å². The van der Waals surface area contributed by atoms with Gasteiger partial charge in [0.15, 0.2) is 0 Å². The van der Waals surface area contributed by atoms with Gasteiger partial charge in [-0.15, -0.1) is 47.5 Å². The van der Waals surface area contributed by atoms with Crippen LogP contribution in [0.1, 0.15) is 61.7 Å². The number of furan rings is 1. The van der Waals surface area contributed by atoms with Crippen LogP contribution in [0.4, 0.5) is 4.39 Å². The molecule has 0 aliphatic carbocycles. The molecule has 3 aromatic heterocycles. The summed E-state index contributed by atoms with van der Waals surface area (Å²) in [6, 6.07) is 25.7. The first kappa shape index (κ1) is 28.1. The van der Waals surface area contributed by atoms with Gasteiger partial charge < -0.3 is 14.4 Å². The van der Waals surface area contributed by atoms with E-state index in [-0.39, 0.29) is 31.5 Å². The number of benzene rings is 3. The van der Waals surface area contributed by atoms with Gasteiger partial charge >= 0.3 is 0 Å². The Morgan fingerprint density at radius 2 is 1.70 bits per heavy atom. The minimum absolute atomic E-state index is 0. The van der Waals surface area contributed by atoms with Crippen LogP contribution in [0.25, 0.3) is 44.5 Å². The predicted octanol–water partition coefficient (Wildman–Crippen LogP) is 10.2. The summed E-state index contributed by atoms with van der Waals surface area (Å²) in [7, 11) is -1.61. The van der Waals surface area contributed by atoms with Crippen molar-refractivity contribution in [1.29, 1.82) is 0 Å². The summed E-state index contributed by atoms with van der Waals surface area (Å²) in [6.45, 7) is 12.6. The molecule has 0 N–H and O–H groups in total. The topological polar surface area (TPSA) is 38.9 Å². The third kappa shape index (κ3) is 7.09. The molecule has 0 aliphatic rings. The third-order valence-electron chi connectivity index (χ3n) is 7.45. The van der Waals surface area contributed by atoms with E-state index in [1.807, 2.05) is 62.5 Å². The van der Waals surface area contributed by atoms with E-state index in [9.17, 15) is 4.39 Å². The van der Waals surface area contributed by atoms with E-state index in [1.54, 1.807) is 18.3 Å². The Balaban J connectivity index is 0.000000212. The molecule has 3 aromatic carbocycles. The van der Waals surface area contributed by atoms with Crippen LogP contribution in [0.3, 0.4) is 0 Å². The molecule has 0 saturated heterocycles. The molecule has 0 aliphatic heterocycles. The summed E-state index contributed by atoms with van der Waals surface area (Å²) in [5.41, 5.74) is 6.52. The van der Waals surface area contributed by atoms with E-state index in [0.29, 0.717) is 28.0 Å². The number of hydrogen-bond donors (Lipinski definition) is 0. The van der Waals surface area contributed by atoms with Gasteiger partial charge in [-0.3, -0.25) is 4.39 Å². The Morgan fingerprint density at radius 1 is 0.932 bits per heavy atom. The maximum atomic E-state index is 14.3. The molecule has 6 rings (SSSR count). The predicted molar refractivity (Wildman–Crippen MR) is 180 cm³/mol. The van der Waals surface area contributed by atoms with Gasteiger partial charge in [0.1, 0.15) is 5.58 Å². The van der Waals surface area contributed by atoms with Crippen molar-refractivity contribution in [1.82, 2.24) is 9.97 Å². The first-order valence-electron chi connectivity index (χ1n) is 16.5. The van der Waals surface area contributed by atoms with Crippen molar-refractivity contribution in [2.75, 3.05) is 0 Å². The number of para-hydroxylation sites is 1. The average molecular weight is 783 g/mol. The Kier molecular flexibility index (Phi) is 8.73. The standard InChI is InChI=1S/C20H15FNO.C18H24NSi.Ir/c1-12(2)13-9-10-22-17(11-13)14-7-8-16(21)19-15-5-3-4-6-18(15)23-20(14)19;1-13(2)16-11-17(15-9-7-14(3)8-10-15)19-12-18(16)20(4,5)6;/h3-6,8-12H,1-2H3;7-9,11-13H,1-6H3;/q2*-1;/i;3D3,13D;. The van der Waals surface area contributed by atoms with Crippen molar-refractivity contribution in [2.45, 2.75) is 66.0 Å². The molecular formula is C38H39FIrN2OSi-2. The first-order chi connectivity index (χ1) is 21.9. The van der Waals surface area contributed by atoms with Crippen molar-refractivity contribution in [3.05, 3.63) is 114 Å². The summed E-state index contributed by atoms with van der Waals surface area (Å²) in [6.07, 6.45) is 3.66. The molecule has 6 heteroatoms. The molecule has 44 heavy (non-hydrogen) atoms.